The fraction of sp³-hybridized carbons (Fsp3) is 0.533. The van der Waals surface area contributed by atoms with E-state index in [1.54, 1.807) is 7.11 Å². The van der Waals surface area contributed by atoms with Gasteiger partial charge in [0.2, 0.25) is 5.88 Å². The van der Waals surface area contributed by atoms with E-state index in [0.29, 0.717) is 17.7 Å². The Bertz CT molecular complexity index is 503. The van der Waals surface area contributed by atoms with Crippen molar-refractivity contribution in [2.24, 2.45) is 0 Å². The SMILES string of the molecule is COc1ccc(C(C)C)cn1.Cc1nc(C(C)C)n[nH]1. The molecule has 110 valence electrons. The maximum absolute atomic E-state index is 4.94. The van der Waals surface area contributed by atoms with E-state index >= 15 is 0 Å². The van der Waals surface area contributed by atoms with Gasteiger partial charge in [-0.15, -0.1) is 0 Å². The van der Waals surface area contributed by atoms with Gasteiger partial charge >= 0.3 is 0 Å². The molecule has 0 aliphatic heterocycles. The lowest BCUT2D eigenvalue weighted by molar-refractivity contribution is 0.397. The second-order valence-corrected chi connectivity index (χ2v) is 5.22. The van der Waals surface area contributed by atoms with Gasteiger partial charge in [0, 0.05) is 18.2 Å². The Kier molecular flexibility index (Phi) is 6.15. The number of pyridine rings is 1. The molecule has 0 fully saturated rings. The van der Waals surface area contributed by atoms with Crippen LogP contribution in [0.4, 0.5) is 0 Å². The molecule has 0 atom stereocenters. The number of hydrogen-bond donors (Lipinski definition) is 1. The Morgan fingerprint density at radius 1 is 1.10 bits per heavy atom. The van der Waals surface area contributed by atoms with Crippen molar-refractivity contribution in [2.75, 3.05) is 7.11 Å². The van der Waals surface area contributed by atoms with Crippen molar-refractivity contribution in [1.29, 1.82) is 0 Å². The highest BCUT2D eigenvalue weighted by Gasteiger charge is 2.02. The summed E-state index contributed by atoms with van der Waals surface area (Å²) in [6.45, 7) is 10.3. The van der Waals surface area contributed by atoms with Crippen LogP contribution >= 0.6 is 0 Å². The highest BCUT2D eigenvalue weighted by Crippen LogP contribution is 2.14. The van der Waals surface area contributed by atoms with E-state index in [2.05, 4.69) is 47.9 Å². The summed E-state index contributed by atoms with van der Waals surface area (Å²) < 4.78 is 4.94. The molecule has 2 aromatic rings. The molecule has 5 nitrogen and oxygen atoms in total. The van der Waals surface area contributed by atoms with Crippen LogP contribution in [0.1, 0.15) is 56.7 Å². The summed E-state index contributed by atoms with van der Waals surface area (Å²) in [5.74, 6) is 3.42. The second-order valence-electron chi connectivity index (χ2n) is 5.22. The van der Waals surface area contributed by atoms with Crippen LogP contribution in [0.15, 0.2) is 18.3 Å². The third-order valence-electron chi connectivity index (χ3n) is 2.77. The molecule has 0 aliphatic carbocycles. The van der Waals surface area contributed by atoms with E-state index in [4.69, 9.17) is 4.74 Å². The van der Waals surface area contributed by atoms with Crippen molar-refractivity contribution >= 4 is 0 Å². The highest BCUT2D eigenvalue weighted by atomic mass is 16.5. The van der Waals surface area contributed by atoms with Crippen LogP contribution < -0.4 is 4.74 Å². The zero-order chi connectivity index (χ0) is 15.1. The van der Waals surface area contributed by atoms with E-state index in [0.717, 1.165) is 11.6 Å². The van der Waals surface area contributed by atoms with E-state index in [1.807, 2.05) is 25.3 Å². The zero-order valence-electron chi connectivity index (χ0n) is 13.1. The van der Waals surface area contributed by atoms with Gasteiger partial charge in [0.05, 0.1) is 7.11 Å². The topological polar surface area (TPSA) is 63.7 Å². The van der Waals surface area contributed by atoms with Crippen molar-refractivity contribution in [3.63, 3.8) is 0 Å². The highest BCUT2D eigenvalue weighted by molar-refractivity contribution is 5.19. The van der Waals surface area contributed by atoms with E-state index < -0.39 is 0 Å². The third-order valence-corrected chi connectivity index (χ3v) is 2.77. The number of methoxy groups -OCH3 is 1. The predicted molar refractivity (Wildman–Crippen MR) is 80.1 cm³/mol. The van der Waals surface area contributed by atoms with E-state index in [-0.39, 0.29) is 0 Å². The Balaban J connectivity index is 0.000000204. The average Bonchev–Trinajstić information content (AvgIpc) is 2.86. The van der Waals surface area contributed by atoms with Crippen LogP contribution in [0.2, 0.25) is 0 Å². The zero-order valence-corrected chi connectivity index (χ0v) is 13.1. The molecule has 0 radical (unpaired) electrons. The van der Waals surface area contributed by atoms with E-state index in [9.17, 15) is 0 Å². The molecule has 0 unspecified atom stereocenters. The van der Waals surface area contributed by atoms with Gasteiger partial charge in [0.1, 0.15) is 5.82 Å². The quantitative estimate of drug-likeness (QED) is 0.932. The third kappa shape index (κ3) is 4.99. The lowest BCUT2D eigenvalue weighted by atomic mass is 10.1. The summed E-state index contributed by atoms with van der Waals surface area (Å²) >= 11 is 0. The van der Waals surface area contributed by atoms with Crippen LogP contribution in [0, 0.1) is 6.92 Å². The summed E-state index contributed by atoms with van der Waals surface area (Å²) in [7, 11) is 1.62. The lowest BCUT2D eigenvalue weighted by Gasteiger charge is -2.04. The molecule has 2 heterocycles. The number of nitrogens with one attached hydrogen (secondary N) is 1. The monoisotopic (exact) mass is 276 g/mol. The number of ether oxygens (including phenoxy) is 1. The minimum absolute atomic E-state index is 0.426. The maximum atomic E-state index is 4.94. The van der Waals surface area contributed by atoms with Gasteiger partial charge in [0.15, 0.2) is 5.82 Å². The minimum atomic E-state index is 0.426. The average molecular weight is 276 g/mol. The summed E-state index contributed by atoms with van der Waals surface area (Å²) in [4.78, 5) is 8.24. The largest absolute Gasteiger partial charge is 0.481 e. The maximum Gasteiger partial charge on any atom is 0.212 e. The molecule has 5 heteroatoms. The number of hydrogen-bond acceptors (Lipinski definition) is 4. The molecule has 0 aromatic carbocycles. The fourth-order valence-corrected chi connectivity index (χ4v) is 1.47. The minimum Gasteiger partial charge on any atom is -0.481 e. The summed E-state index contributed by atoms with van der Waals surface area (Å²) in [6.07, 6.45) is 1.85. The molecule has 0 amide bonds. The van der Waals surface area contributed by atoms with Crippen LogP contribution in [-0.2, 0) is 0 Å². The first kappa shape index (κ1) is 16.1. The van der Waals surface area contributed by atoms with Gasteiger partial charge in [-0.05, 0) is 18.4 Å². The second kappa shape index (κ2) is 7.62. The van der Waals surface area contributed by atoms with Gasteiger partial charge in [-0.1, -0.05) is 33.8 Å². The van der Waals surface area contributed by atoms with Crippen molar-refractivity contribution in [2.45, 2.75) is 46.5 Å². The van der Waals surface area contributed by atoms with Gasteiger partial charge in [-0.2, -0.15) is 5.10 Å². The Morgan fingerprint density at radius 2 is 1.80 bits per heavy atom. The van der Waals surface area contributed by atoms with Crippen molar-refractivity contribution in [3.05, 3.63) is 35.5 Å². The number of aromatic amines is 1. The molecule has 2 aromatic heterocycles. The first-order valence-electron chi connectivity index (χ1n) is 6.82. The van der Waals surface area contributed by atoms with Gasteiger partial charge < -0.3 is 4.74 Å². The molecule has 0 spiro atoms. The first-order chi connectivity index (χ1) is 9.43. The Labute approximate surface area is 120 Å². The summed E-state index contributed by atoms with van der Waals surface area (Å²) in [6, 6.07) is 3.92. The van der Waals surface area contributed by atoms with Gasteiger partial charge in [0.25, 0.3) is 0 Å². The van der Waals surface area contributed by atoms with Gasteiger partial charge in [-0.3, -0.25) is 5.10 Å². The first-order valence-corrected chi connectivity index (χ1v) is 6.82. The Hall–Kier alpha value is -1.91. The molecule has 0 saturated heterocycles. The number of H-pyrrole nitrogens is 1. The van der Waals surface area contributed by atoms with Gasteiger partial charge in [-0.25, -0.2) is 9.97 Å². The molecular formula is C15H24N4O. The smallest absolute Gasteiger partial charge is 0.212 e. The number of rotatable bonds is 3. The Morgan fingerprint density at radius 3 is 2.10 bits per heavy atom. The number of aromatic nitrogens is 4. The van der Waals surface area contributed by atoms with Crippen molar-refractivity contribution in [3.8, 4) is 5.88 Å². The number of nitrogens with zero attached hydrogens (tertiary/aromatic N) is 3. The molecular weight excluding hydrogens is 252 g/mol. The molecule has 0 saturated carbocycles. The molecule has 0 bridgehead atoms. The summed E-state index contributed by atoms with van der Waals surface area (Å²) in [5, 5.41) is 6.77. The standard InChI is InChI=1S/C9H13NO.C6H11N3/c1-7(2)8-4-5-9(11-3)10-6-8;1-4(2)6-7-5(3)8-9-6/h4-7H,1-3H3;4H,1-3H3,(H,7,8,9). The van der Waals surface area contributed by atoms with Crippen molar-refractivity contribution < 1.29 is 4.74 Å². The molecule has 1 N–H and O–H groups in total. The molecule has 2 rings (SSSR count). The fourth-order valence-electron chi connectivity index (χ4n) is 1.47. The predicted octanol–water partition coefficient (Wildman–Crippen LogP) is 3.45. The van der Waals surface area contributed by atoms with Crippen LogP contribution in [0.25, 0.3) is 0 Å². The normalized spacial score (nSPS) is 10.4. The van der Waals surface area contributed by atoms with Crippen LogP contribution in [-0.4, -0.2) is 27.3 Å². The van der Waals surface area contributed by atoms with Crippen molar-refractivity contribution in [1.82, 2.24) is 20.2 Å². The molecule has 20 heavy (non-hydrogen) atoms. The van der Waals surface area contributed by atoms with E-state index in [1.165, 1.54) is 5.56 Å². The lowest BCUT2D eigenvalue weighted by Crippen LogP contribution is -1.91. The summed E-state index contributed by atoms with van der Waals surface area (Å²) in [5.41, 5.74) is 1.24. The molecule has 0 aliphatic rings. The number of aryl methyl sites for hydroxylation is 1. The van der Waals surface area contributed by atoms with Crippen LogP contribution in [0.5, 0.6) is 5.88 Å². The van der Waals surface area contributed by atoms with Crippen LogP contribution in [0.3, 0.4) is 0 Å².